The average Bonchev–Trinajstić information content (AvgIpc) is 3.10. The lowest BCUT2D eigenvalue weighted by atomic mass is 10.1. The molecule has 0 bridgehead atoms. The quantitative estimate of drug-likeness (QED) is 0.612. The van der Waals surface area contributed by atoms with Crippen LogP contribution in [-0.4, -0.2) is 34.3 Å². The third-order valence-corrected chi connectivity index (χ3v) is 6.12. The Hall–Kier alpha value is -2.28. The number of nitrogens with two attached hydrogens (primary N) is 1. The molecule has 1 saturated heterocycles. The van der Waals surface area contributed by atoms with Crippen molar-refractivity contribution >= 4 is 46.4 Å². The first kappa shape index (κ1) is 19.1. The number of aliphatic imine (C=N–C) groups is 1. The number of aromatic nitrogens is 2. The number of allylic oxidation sites excluding steroid dienone is 1. The maximum absolute atomic E-state index is 6.44. The summed E-state index contributed by atoms with van der Waals surface area (Å²) in [5, 5.41) is 4.94. The molecule has 1 aliphatic rings. The van der Waals surface area contributed by atoms with Crippen molar-refractivity contribution in [2.45, 2.75) is 23.8 Å². The normalized spacial score (nSPS) is 16.2. The molecule has 7 heteroatoms. The summed E-state index contributed by atoms with van der Waals surface area (Å²) in [4.78, 5) is 10.5. The molecule has 3 N–H and O–H groups in total. The van der Waals surface area contributed by atoms with E-state index in [1.54, 1.807) is 30.4 Å². The van der Waals surface area contributed by atoms with Crippen molar-refractivity contribution in [1.82, 2.24) is 14.3 Å². The highest BCUT2D eigenvalue weighted by Crippen LogP contribution is 2.34. The zero-order valence-corrected chi connectivity index (χ0v) is 17.0. The molecule has 0 atom stereocenters. The maximum Gasteiger partial charge on any atom is 0.152 e. The summed E-state index contributed by atoms with van der Waals surface area (Å²) < 4.78 is 2.07. The molecule has 4 rings (SSSR count). The number of fused-ring (bicyclic) bond motifs is 1. The number of halogens is 1. The molecule has 3 aromatic rings. The Balaban J connectivity index is 1.74. The molecular formula is C21H22ClN5S. The molecule has 3 heterocycles. The number of pyridine rings is 1. The van der Waals surface area contributed by atoms with Crippen LogP contribution in [0, 0.1) is 0 Å². The summed E-state index contributed by atoms with van der Waals surface area (Å²) in [5.74, 6) is 0. The van der Waals surface area contributed by atoms with Gasteiger partial charge in [0.15, 0.2) is 5.65 Å². The summed E-state index contributed by atoms with van der Waals surface area (Å²) in [5.41, 5.74) is 8.60. The largest absolute Gasteiger partial charge is 0.404 e. The minimum absolute atomic E-state index is 0.331. The number of nitrogens with one attached hydrogen (secondary N) is 1. The lowest BCUT2D eigenvalue weighted by Crippen LogP contribution is -2.29. The van der Waals surface area contributed by atoms with E-state index in [2.05, 4.69) is 26.4 Å². The van der Waals surface area contributed by atoms with E-state index >= 15 is 0 Å². The lowest BCUT2D eigenvalue weighted by Gasteiger charge is -2.18. The third-order valence-electron chi connectivity index (χ3n) is 4.76. The molecule has 0 spiro atoms. The molecule has 1 fully saturated rings. The number of piperidine rings is 1. The molecule has 0 amide bonds. The fraction of sp³-hybridized carbons (Fsp3) is 0.238. The van der Waals surface area contributed by atoms with Crippen molar-refractivity contribution in [2.75, 3.05) is 13.1 Å². The highest BCUT2D eigenvalue weighted by Gasteiger charge is 2.17. The predicted octanol–water partition coefficient (Wildman–Crippen LogP) is 4.37. The van der Waals surface area contributed by atoms with Gasteiger partial charge in [-0.25, -0.2) is 4.98 Å². The van der Waals surface area contributed by atoms with Gasteiger partial charge in [-0.05, 0) is 62.1 Å². The van der Waals surface area contributed by atoms with E-state index in [9.17, 15) is 0 Å². The second kappa shape index (κ2) is 8.82. The van der Waals surface area contributed by atoms with E-state index in [4.69, 9.17) is 22.3 Å². The summed E-state index contributed by atoms with van der Waals surface area (Å²) in [6.07, 6.45) is 7.31. The molecule has 2 aromatic heterocycles. The third kappa shape index (κ3) is 4.09. The molecular weight excluding hydrogens is 390 g/mol. The van der Waals surface area contributed by atoms with Crippen LogP contribution in [0.25, 0.3) is 16.6 Å². The van der Waals surface area contributed by atoms with Gasteiger partial charge in [0.2, 0.25) is 0 Å². The van der Waals surface area contributed by atoms with Gasteiger partial charge in [0, 0.05) is 34.5 Å². The van der Waals surface area contributed by atoms with Crippen LogP contribution in [0.5, 0.6) is 0 Å². The van der Waals surface area contributed by atoms with Crippen LogP contribution in [0.1, 0.15) is 18.5 Å². The molecule has 144 valence electrons. The zero-order chi connectivity index (χ0) is 19.3. The number of hydrogen-bond donors (Lipinski definition) is 2. The van der Waals surface area contributed by atoms with Gasteiger partial charge >= 0.3 is 0 Å². The van der Waals surface area contributed by atoms with Gasteiger partial charge < -0.3 is 11.1 Å². The fourth-order valence-electron chi connectivity index (χ4n) is 3.26. The number of benzene rings is 1. The van der Waals surface area contributed by atoms with Gasteiger partial charge in [-0.15, -0.1) is 0 Å². The Morgan fingerprint density at radius 3 is 2.79 bits per heavy atom. The topological polar surface area (TPSA) is 68.2 Å². The first-order chi connectivity index (χ1) is 13.8. The van der Waals surface area contributed by atoms with Crippen molar-refractivity contribution in [1.29, 1.82) is 0 Å². The smallest absolute Gasteiger partial charge is 0.152 e. The summed E-state index contributed by atoms with van der Waals surface area (Å²) in [6.45, 7) is 2.01. The van der Waals surface area contributed by atoms with Crippen LogP contribution in [0.2, 0.25) is 5.02 Å². The molecule has 0 aliphatic carbocycles. The molecule has 1 aliphatic heterocycles. The summed E-state index contributed by atoms with van der Waals surface area (Å²) in [6, 6.07) is 14.4. The monoisotopic (exact) mass is 411 g/mol. The van der Waals surface area contributed by atoms with Gasteiger partial charge in [0.25, 0.3) is 0 Å². The number of hydrogen-bond acceptors (Lipinski definition) is 5. The second-order valence-electron chi connectivity index (χ2n) is 6.64. The maximum atomic E-state index is 6.44. The highest BCUT2D eigenvalue weighted by atomic mass is 35.5. The van der Waals surface area contributed by atoms with Gasteiger partial charge in [-0.2, -0.15) is 0 Å². The number of rotatable bonds is 5. The SMILES string of the molecule is N/C=C(\C=NC1CCNCC1)c1cc2c(Cl)ccnc2n1Sc1ccccc1. The molecule has 5 nitrogen and oxygen atoms in total. The standard InChI is InChI=1S/C21H22ClN5S/c22-19-8-11-25-21-18(19)12-20(27(21)28-17-4-2-1-3-5-17)15(13-23)14-26-16-6-9-24-10-7-16/h1-5,8,11-14,16,24H,6-7,9-10,23H2/b15-13+,26-14?. The van der Waals surface area contributed by atoms with E-state index in [0.717, 1.165) is 53.1 Å². The van der Waals surface area contributed by atoms with Crippen LogP contribution in [-0.2, 0) is 0 Å². The van der Waals surface area contributed by atoms with E-state index in [-0.39, 0.29) is 0 Å². The predicted molar refractivity (Wildman–Crippen MR) is 119 cm³/mol. The number of nitrogens with zero attached hydrogens (tertiary/aromatic N) is 3. The van der Waals surface area contributed by atoms with Crippen molar-refractivity contribution in [3.8, 4) is 0 Å². The van der Waals surface area contributed by atoms with Gasteiger partial charge in [-0.3, -0.25) is 8.96 Å². The Morgan fingerprint density at radius 1 is 1.25 bits per heavy atom. The Bertz CT molecular complexity index is 1010. The van der Waals surface area contributed by atoms with Crippen LogP contribution < -0.4 is 11.1 Å². The second-order valence-corrected chi connectivity index (χ2v) is 8.07. The Kier molecular flexibility index (Phi) is 6.00. The Morgan fingerprint density at radius 2 is 2.04 bits per heavy atom. The lowest BCUT2D eigenvalue weighted by molar-refractivity contribution is 0.461. The van der Waals surface area contributed by atoms with E-state index in [1.807, 2.05) is 30.5 Å². The zero-order valence-electron chi connectivity index (χ0n) is 15.4. The molecule has 0 radical (unpaired) electrons. The van der Waals surface area contributed by atoms with Crippen LogP contribution in [0.15, 0.2) is 64.7 Å². The van der Waals surface area contributed by atoms with Crippen molar-refractivity contribution < 1.29 is 0 Å². The van der Waals surface area contributed by atoms with Gasteiger partial charge in [-0.1, -0.05) is 29.8 Å². The minimum atomic E-state index is 0.331. The molecule has 28 heavy (non-hydrogen) atoms. The van der Waals surface area contributed by atoms with Gasteiger partial charge in [0.05, 0.1) is 16.8 Å². The summed E-state index contributed by atoms with van der Waals surface area (Å²) >= 11 is 8.03. The summed E-state index contributed by atoms with van der Waals surface area (Å²) in [7, 11) is 0. The van der Waals surface area contributed by atoms with Crippen molar-refractivity contribution in [3.63, 3.8) is 0 Å². The molecule has 0 unspecified atom stereocenters. The molecule has 0 saturated carbocycles. The van der Waals surface area contributed by atoms with Crippen molar-refractivity contribution in [2.24, 2.45) is 10.7 Å². The van der Waals surface area contributed by atoms with Crippen LogP contribution >= 0.6 is 23.5 Å². The van der Waals surface area contributed by atoms with Crippen LogP contribution in [0.4, 0.5) is 0 Å². The Labute approximate surface area is 173 Å². The van der Waals surface area contributed by atoms with E-state index in [0.29, 0.717) is 11.1 Å². The minimum Gasteiger partial charge on any atom is -0.404 e. The first-order valence-electron chi connectivity index (χ1n) is 9.32. The fourth-order valence-corrected chi connectivity index (χ4v) is 4.43. The van der Waals surface area contributed by atoms with Gasteiger partial charge in [0.1, 0.15) is 0 Å². The van der Waals surface area contributed by atoms with E-state index < -0.39 is 0 Å². The highest BCUT2D eigenvalue weighted by molar-refractivity contribution is 7.98. The molecule has 1 aromatic carbocycles. The van der Waals surface area contributed by atoms with Crippen LogP contribution in [0.3, 0.4) is 0 Å². The van der Waals surface area contributed by atoms with E-state index in [1.165, 1.54) is 0 Å². The van der Waals surface area contributed by atoms with Crippen molar-refractivity contribution in [3.05, 3.63) is 65.6 Å². The average molecular weight is 412 g/mol. The first-order valence-corrected chi connectivity index (χ1v) is 10.5.